The summed E-state index contributed by atoms with van der Waals surface area (Å²) in [6.07, 6.45) is -67.9. The maximum atomic E-state index is 11.6. The van der Waals surface area contributed by atoms with Crippen LogP contribution >= 0.6 is 0 Å². The van der Waals surface area contributed by atoms with Gasteiger partial charge in [-0.25, -0.2) is 0 Å². The van der Waals surface area contributed by atoms with Gasteiger partial charge in [0.1, 0.15) is 177 Å². The second-order valence-electron chi connectivity index (χ2n) is 21.0. The van der Waals surface area contributed by atoms with Crippen molar-refractivity contribution in [2.45, 2.75) is 228 Å². The van der Waals surface area contributed by atoms with E-state index in [0.29, 0.717) is 0 Å². The van der Waals surface area contributed by atoms with Crippen LogP contribution in [0.5, 0.6) is 0 Å². The van der Waals surface area contributed by atoms with Gasteiger partial charge in [-0.3, -0.25) is 0 Å². The maximum absolute atomic E-state index is 11.6. The molecule has 0 aromatic carbocycles. The minimum absolute atomic E-state index is 0.488. The summed E-state index contributed by atoms with van der Waals surface area (Å²) in [6.45, 7) is -6.30. The summed E-state index contributed by atoms with van der Waals surface area (Å²) < 4.78 is 67.9. The standard InChI is InChI=1S/C40H70O33.C6H14O6/c1-9-17(48)23(54)28(59)36(66-9)72-34-25(56)21(52)14(4-43)67-40(34)73-33-20(51)13(47)6-63-39(33)65-8-16-32(26(57)30(61)38(69-16)70-31(11(45)3-42)19(50)10(44)2-41)71-37-29(60)24(55)22(53)15(68-37)7-64-35-27(58)18(49)12(46)5-62-35;7-1-3(9)5(11)6(12)4(10)2-8/h9-61H,2-8H2,1H3;3-12H,1-2H2/t9-,10-,11+,12-,13-,14-,15-,16-,17+,18+,19-,20+,21+,22-,23+,24+,25+,26-,27-,28-,29-,30-,31-,32-,33-,34-,35-,36-,37+,38+,39-,40+;3-,4+,5-,6-/m11/s1. The minimum Gasteiger partial charge on any atom is -0.394 e. The Kier molecular flexibility index (Phi) is 29.4. The summed E-state index contributed by atoms with van der Waals surface area (Å²) in [4.78, 5) is 0. The van der Waals surface area contributed by atoms with E-state index in [0.717, 1.165) is 0 Å². The summed E-state index contributed by atoms with van der Waals surface area (Å²) in [7, 11) is 0. The molecule has 36 atom stereocenters. The highest BCUT2D eigenvalue weighted by molar-refractivity contribution is 4.98. The number of hydrogen-bond acceptors (Lipinski definition) is 39. The van der Waals surface area contributed by atoms with E-state index in [1.54, 1.807) is 0 Å². The minimum atomic E-state index is -2.31. The highest BCUT2D eigenvalue weighted by Gasteiger charge is 2.56. The van der Waals surface area contributed by atoms with E-state index in [2.05, 4.69) is 0 Å². The zero-order valence-electron chi connectivity index (χ0n) is 45.1. The van der Waals surface area contributed by atoms with Gasteiger partial charge in [-0.05, 0) is 6.92 Å². The Morgan fingerprint density at radius 2 is 0.753 bits per heavy atom. The molecule has 0 aromatic heterocycles. The van der Waals surface area contributed by atoms with Crippen LogP contribution in [0.15, 0.2) is 0 Å². The molecule has 6 aliphatic rings. The summed E-state index contributed by atoms with van der Waals surface area (Å²) in [5, 5.41) is 274. The summed E-state index contributed by atoms with van der Waals surface area (Å²) in [6, 6.07) is 0. The lowest BCUT2D eigenvalue weighted by Crippen LogP contribution is -2.66. The van der Waals surface area contributed by atoms with Crippen molar-refractivity contribution in [1.82, 2.24) is 0 Å². The molecule has 0 bridgehead atoms. The maximum Gasteiger partial charge on any atom is 0.187 e. The molecule has 502 valence electrons. The molecule has 6 rings (SSSR count). The fourth-order valence-electron chi connectivity index (χ4n) is 9.40. The molecule has 0 unspecified atom stereocenters. The van der Waals surface area contributed by atoms with E-state index < -0.39 is 280 Å². The van der Waals surface area contributed by atoms with Crippen LogP contribution in [-0.4, -0.2) is 418 Å². The molecular formula is C46H84O39. The van der Waals surface area contributed by atoms with Crippen molar-refractivity contribution in [1.29, 1.82) is 0 Å². The zero-order valence-corrected chi connectivity index (χ0v) is 45.1. The van der Waals surface area contributed by atoms with Crippen LogP contribution < -0.4 is 0 Å². The van der Waals surface area contributed by atoms with Gasteiger partial charge in [0.25, 0.3) is 0 Å². The highest BCUT2D eigenvalue weighted by Crippen LogP contribution is 2.35. The number of aliphatic hydroxyl groups is 27. The molecule has 0 saturated carbocycles. The molecule has 6 saturated heterocycles. The predicted molar refractivity (Wildman–Crippen MR) is 259 cm³/mol. The van der Waals surface area contributed by atoms with Gasteiger partial charge in [-0.1, -0.05) is 0 Å². The van der Waals surface area contributed by atoms with Crippen molar-refractivity contribution < 1.29 is 195 Å². The molecule has 0 aliphatic carbocycles. The number of hydrogen-bond donors (Lipinski definition) is 27. The lowest BCUT2D eigenvalue weighted by atomic mass is 9.96. The van der Waals surface area contributed by atoms with Gasteiger partial charge in [0.15, 0.2) is 37.7 Å². The second kappa shape index (κ2) is 33.7. The average molecular weight is 1260 g/mol. The van der Waals surface area contributed by atoms with E-state index in [1.165, 1.54) is 6.92 Å². The third-order valence-electron chi connectivity index (χ3n) is 14.8. The van der Waals surface area contributed by atoms with Crippen LogP contribution in [0.2, 0.25) is 0 Å². The van der Waals surface area contributed by atoms with Crippen LogP contribution in [-0.2, 0) is 56.8 Å². The molecule has 6 aliphatic heterocycles. The van der Waals surface area contributed by atoms with Crippen molar-refractivity contribution >= 4 is 0 Å². The number of ether oxygens (including phenoxy) is 12. The van der Waals surface area contributed by atoms with E-state index in [4.69, 9.17) is 87.5 Å². The Balaban J connectivity index is 0.000000987. The predicted octanol–water partition coefficient (Wildman–Crippen LogP) is -17.9. The molecule has 39 nitrogen and oxygen atoms in total. The fraction of sp³-hybridized carbons (Fsp3) is 1.00. The molecule has 27 N–H and O–H groups in total. The highest BCUT2D eigenvalue weighted by atomic mass is 16.8. The molecule has 0 aromatic rings. The summed E-state index contributed by atoms with van der Waals surface area (Å²) in [5.74, 6) is 0. The van der Waals surface area contributed by atoms with Gasteiger partial charge in [-0.15, -0.1) is 0 Å². The topological polar surface area (TPSA) is 657 Å². The third kappa shape index (κ3) is 17.9. The zero-order chi connectivity index (χ0) is 63.6. The van der Waals surface area contributed by atoms with E-state index in [9.17, 15) is 107 Å². The number of aliphatic hydroxyl groups excluding tert-OH is 27. The van der Waals surface area contributed by atoms with Gasteiger partial charge in [0.05, 0.1) is 65.6 Å². The van der Waals surface area contributed by atoms with Gasteiger partial charge in [0, 0.05) is 0 Å². The largest absolute Gasteiger partial charge is 0.394 e. The smallest absolute Gasteiger partial charge is 0.187 e. The Bertz CT molecular complexity index is 1880. The van der Waals surface area contributed by atoms with E-state index >= 15 is 0 Å². The quantitative estimate of drug-likeness (QED) is 0.0404. The fourth-order valence-corrected chi connectivity index (χ4v) is 9.40. The summed E-state index contributed by atoms with van der Waals surface area (Å²) >= 11 is 0. The first-order chi connectivity index (χ1) is 40.0. The van der Waals surface area contributed by atoms with Crippen molar-refractivity contribution in [3.8, 4) is 0 Å². The van der Waals surface area contributed by atoms with Crippen LogP contribution in [0.3, 0.4) is 0 Å². The molecule has 0 amide bonds. The van der Waals surface area contributed by atoms with Crippen LogP contribution in [0.1, 0.15) is 6.92 Å². The summed E-state index contributed by atoms with van der Waals surface area (Å²) in [5.41, 5.74) is 0. The van der Waals surface area contributed by atoms with Crippen LogP contribution in [0, 0.1) is 0 Å². The van der Waals surface area contributed by atoms with Crippen LogP contribution in [0.4, 0.5) is 0 Å². The normalized spacial score (nSPS) is 45.7. The van der Waals surface area contributed by atoms with E-state index in [-0.39, 0.29) is 0 Å². The van der Waals surface area contributed by atoms with Crippen molar-refractivity contribution in [3.63, 3.8) is 0 Å². The molecule has 6 heterocycles. The molecule has 0 spiro atoms. The Hall–Kier alpha value is -1.56. The average Bonchev–Trinajstić information content (AvgIpc) is 1.95. The molecular weight excluding hydrogens is 1180 g/mol. The number of rotatable bonds is 25. The SMILES string of the molecule is C[C@H]1O[C@H](O[C@H]2[C@H](O[C@H]3[C@@H](OC[C@H]4O[C@@H](O[C@@H]([C@H](O)[C@H](O)CO)[C@@H](O)CO)[C@H](O)[C@@H](O)[C@@H]4O[C@@H]4O[C@H](CO[C@H]5OC[C@@H](O)[C@H](O)[C@H]5O)[C@@H](O)[C@H](O)[C@H]4O)OC[C@@H](O)[C@@H]3O)O[C@H](CO)[C@H](O)[C@@H]2O)[C@H](O)[C@@H](O)[C@H]1O.OC[C@@H](O)[C@@H](O)[C@H](O)[C@@H](O)CO. The first kappa shape index (κ1) is 74.2. The lowest BCUT2D eigenvalue weighted by Gasteiger charge is -2.48. The van der Waals surface area contributed by atoms with Gasteiger partial charge in [-0.2, -0.15) is 0 Å². The Morgan fingerprint density at radius 1 is 0.353 bits per heavy atom. The van der Waals surface area contributed by atoms with E-state index in [1.807, 2.05) is 0 Å². The van der Waals surface area contributed by atoms with Gasteiger partial charge < -0.3 is 195 Å². The lowest BCUT2D eigenvalue weighted by molar-refractivity contribution is -0.392. The molecule has 0 radical (unpaired) electrons. The third-order valence-corrected chi connectivity index (χ3v) is 14.8. The van der Waals surface area contributed by atoms with Crippen molar-refractivity contribution in [2.24, 2.45) is 0 Å². The van der Waals surface area contributed by atoms with Crippen molar-refractivity contribution in [3.05, 3.63) is 0 Å². The van der Waals surface area contributed by atoms with Gasteiger partial charge in [0.2, 0.25) is 0 Å². The Labute approximate surface area is 481 Å². The molecule has 6 fully saturated rings. The molecule has 85 heavy (non-hydrogen) atoms. The second-order valence-corrected chi connectivity index (χ2v) is 21.0. The Morgan fingerprint density at radius 3 is 1.32 bits per heavy atom. The first-order valence-corrected chi connectivity index (χ1v) is 26.7. The van der Waals surface area contributed by atoms with Crippen LogP contribution in [0.25, 0.3) is 0 Å². The van der Waals surface area contributed by atoms with Crippen molar-refractivity contribution in [2.75, 3.05) is 59.5 Å². The first-order valence-electron chi connectivity index (χ1n) is 26.7. The van der Waals surface area contributed by atoms with Gasteiger partial charge >= 0.3 is 0 Å². The molecule has 39 heteroatoms. The monoisotopic (exact) mass is 1260 g/mol.